The minimum absolute atomic E-state index is 0.766. The van der Waals surface area contributed by atoms with Gasteiger partial charge in [-0.25, -0.2) is 4.98 Å². The lowest BCUT2D eigenvalue weighted by Gasteiger charge is -1.91. The zero-order chi connectivity index (χ0) is 7.68. The van der Waals surface area contributed by atoms with Gasteiger partial charge in [0.15, 0.2) is 0 Å². The van der Waals surface area contributed by atoms with Gasteiger partial charge in [0, 0.05) is 16.9 Å². The molecule has 11 heavy (non-hydrogen) atoms. The molecule has 56 valence electrons. The maximum Gasteiger partial charge on any atom is 0.0812 e. The fourth-order valence-corrected chi connectivity index (χ4v) is 1.98. The summed E-state index contributed by atoms with van der Waals surface area (Å²) in [6.07, 6.45) is 0. The molecule has 2 nitrogen and oxygen atoms in total. The number of hydrogen-bond donors (Lipinski definition) is 1. The van der Waals surface area contributed by atoms with Crippen LogP contribution in [0.3, 0.4) is 0 Å². The first kappa shape index (κ1) is 7.09. The van der Waals surface area contributed by atoms with Gasteiger partial charge in [-0.1, -0.05) is 0 Å². The lowest BCUT2D eigenvalue weighted by Crippen LogP contribution is -1.69. The van der Waals surface area contributed by atoms with Gasteiger partial charge in [-0.15, -0.1) is 11.3 Å². The Kier molecular flexibility index (Phi) is 1.81. The summed E-state index contributed by atoms with van der Waals surface area (Å²) in [4.78, 5) is 4.98. The van der Waals surface area contributed by atoms with Crippen molar-refractivity contribution in [2.24, 2.45) is 0 Å². The van der Waals surface area contributed by atoms with Gasteiger partial charge in [-0.05, 0) is 18.2 Å². The van der Waals surface area contributed by atoms with Crippen LogP contribution in [0.5, 0.6) is 0 Å². The molecule has 1 aromatic carbocycles. The Labute approximate surface area is 72.1 Å². The molecular formula is C7H5NOS2. The summed E-state index contributed by atoms with van der Waals surface area (Å²) in [5.41, 5.74) is 2.80. The van der Waals surface area contributed by atoms with Crippen molar-refractivity contribution in [3.8, 4) is 0 Å². The van der Waals surface area contributed by atoms with Crippen molar-refractivity contribution < 1.29 is 4.55 Å². The standard InChI is InChI=1S/C7H5NOS2/c9-11-5-1-2-6-7(3-5)10-4-8-6/h1-4,9H. The van der Waals surface area contributed by atoms with Gasteiger partial charge < -0.3 is 4.55 Å². The molecule has 0 unspecified atom stereocenters. The minimum Gasteiger partial charge on any atom is -0.325 e. The molecule has 0 aliphatic rings. The molecule has 0 amide bonds. The van der Waals surface area contributed by atoms with Crippen molar-refractivity contribution in [1.29, 1.82) is 0 Å². The van der Waals surface area contributed by atoms with E-state index in [0.717, 1.165) is 27.2 Å². The normalized spacial score (nSPS) is 10.6. The minimum atomic E-state index is 0.766. The Hall–Kier alpha value is -0.580. The molecular weight excluding hydrogens is 178 g/mol. The Morgan fingerprint density at radius 3 is 3.18 bits per heavy atom. The van der Waals surface area contributed by atoms with E-state index in [1.807, 2.05) is 18.2 Å². The Morgan fingerprint density at radius 1 is 1.45 bits per heavy atom. The van der Waals surface area contributed by atoms with Gasteiger partial charge in [0.2, 0.25) is 0 Å². The van der Waals surface area contributed by atoms with Crippen molar-refractivity contribution in [2.75, 3.05) is 0 Å². The van der Waals surface area contributed by atoms with Crippen molar-refractivity contribution in [1.82, 2.24) is 4.98 Å². The first-order valence-corrected chi connectivity index (χ1v) is 4.70. The molecule has 0 atom stereocenters. The highest BCUT2D eigenvalue weighted by molar-refractivity contribution is 7.93. The summed E-state index contributed by atoms with van der Waals surface area (Å²) in [5.74, 6) is 0. The Bertz CT molecular complexity index is 371. The third-order valence-electron chi connectivity index (χ3n) is 1.41. The molecule has 1 N–H and O–H groups in total. The number of thiazole rings is 1. The van der Waals surface area contributed by atoms with Crippen LogP contribution in [0, 0.1) is 0 Å². The van der Waals surface area contributed by atoms with Crippen LogP contribution in [0.25, 0.3) is 10.2 Å². The number of hydrogen-bond acceptors (Lipinski definition) is 4. The average Bonchev–Trinajstić information content (AvgIpc) is 2.50. The van der Waals surface area contributed by atoms with Gasteiger partial charge >= 0.3 is 0 Å². The second kappa shape index (κ2) is 2.81. The number of benzene rings is 1. The smallest absolute Gasteiger partial charge is 0.0812 e. The molecule has 0 aliphatic heterocycles. The van der Waals surface area contributed by atoms with E-state index in [2.05, 4.69) is 4.98 Å². The van der Waals surface area contributed by atoms with E-state index in [9.17, 15) is 0 Å². The lowest BCUT2D eigenvalue weighted by atomic mass is 10.3. The monoisotopic (exact) mass is 183 g/mol. The highest BCUT2D eigenvalue weighted by atomic mass is 32.2. The first-order chi connectivity index (χ1) is 5.40. The zero-order valence-corrected chi connectivity index (χ0v) is 7.15. The second-order valence-electron chi connectivity index (χ2n) is 2.07. The van der Waals surface area contributed by atoms with Crippen LogP contribution in [0.1, 0.15) is 0 Å². The number of nitrogens with zero attached hydrogens (tertiary/aromatic N) is 1. The van der Waals surface area contributed by atoms with Crippen LogP contribution in [0.15, 0.2) is 28.6 Å². The molecule has 0 saturated carbocycles. The molecule has 0 radical (unpaired) electrons. The van der Waals surface area contributed by atoms with E-state index < -0.39 is 0 Å². The topological polar surface area (TPSA) is 33.1 Å². The first-order valence-electron chi connectivity index (χ1n) is 3.05. The van der Waals surface area contributed by atoms with Crippen LogP contribution in [-0.4, -0.2) is 9.54 Å². The maximum absolute atomic E-state index is 8.74. The van der Waals surface area contributed by atoms with Gasteiger partial charge in [-0.2, -0.15) is 0 Å². The highest BCUT2D eigenvalue weighted by Crippen LogP contribution is 2.23. The third kappa shape index (κ3) is 1.24. The Balaban J connectivity index is 2.67. The molecule has 0 aliphatic carbocycles. The van der Waals surface area contributed by atoms with E-state index in [1.54, 1.807) is 16.8 Å². The highest BCUT2D eigenvalue weighted by Gasteiger charge is 1.97. The van der Waals surface area contributed by atoms with Gasteiger partial charge in [0.25, 0.3) is 0 Å². The summed E-state index contributed by atoms with van der Waals surface area (Å²) in [6, 6.07) is 5.69. The molecule has 0 spiro atoms. The van der Waals surface area contributed by atoms with E-state index in [4.69, 9.17) is 4.55 Å². The van der Waals surface area contributed by atoms with E-state index >= 15 is 0 Å². The molecule has 0 saturated heterocycles. The summed E-state index contributed by atoms with van der Waals surface area (Å²) < 4.78 is 9.85. The molecule has 1 aromatic heterocycles. The van der Waals surface area contributed by atoms with E-state index in [0.29, 0.717) is 0 Å². The molecule has 1 heterocycles. The van der Waals surface area contributed by atoms with Gasteiger partial charge in [0.05, 0.1) is 15.7 Å². The van der Waals surface area contributed by atoms with Crippen LogP contribution in [0.4, 0.5) is 0 Å². The molecule has 2 rings (SSSR count). The van der Waals surface area contributed by atoms with Gasteiger partial charge in [-0.3, -0.25) is 0 Å². The summed E-state index contributed by atoms with van der Waals surface area (Å²) in [7, 11) is 0. The van der Waals surface area contributed by atoms with Crippen LogP contribution in [-0.2, 0) is 0 Å². The molecule has 0 bridgehead atoms. The summed E-state index contributed by atoms with van der Waals surface area (Å²) in [6.45, 7) is 0. The SMILES string of the molecule is OSc1ccc2ncsc2c1. The van der Waals surface area contributed by atoms with Crippen LogP contribution < -0.4 is 0 Å². The average molecular weight is 183 g/mol. The molecule has 0 fully saturated rings. The fraction of sp³-hybridized carbons (Fsp3) is 0. The van der Waals surface area contributed by atoms with E-state index in [-0.39, 0.29) is 0 Å². The quantitative estimate of drug-likeness (QED) is 0.690. The van der Waals surface area contributed by atoms with Crippen molar-refractivity contribution >= 4 is 33.6 Å². The van der Waals surface area contributed by atoms with Crippen molar-refractivity contribution in [2.45, 2.75) is 4.90 Å². The third-order valence-corrected chi connectivity index (χ3v) is 2.66. The fourth-order valence-electron chi connectivity index (χ4n) is 0.892. The van der Waals surface area contributed by atoms with Crippen molar-refractivity contribution in [3.63, 3.8) is 0 Å². The maximum atomic E-state index is 8.74. The number of aromatic nitrogens is 1. The van der Waals surface area contributed by atoms with Gasteiger partial charge in [0.1, 0.15) is 0 Å². The van der Waals surface area contributed by atoms with Crippen LogP contribution >= 0.6 is 23.4 Å². The Morgan fingerprint density at radius 2 is 2.36 bits per heavy atom. The zero-order valence-electron chi connectivity index (χ0n) is 5.52. The molecule has 4 heteroatoms. The number of fused-ring (bicyclic) bond motifs is 1. The molecule has 2 aromatic rings. The van der Waals surface area contributed by atoms with E-state index in [1.165, 1.54) is 0 Å². The predicted molar refractivity (Wildman–Crippen MR) is 48.1 cm³/mol. The van der Waals surface area contributed by atoms with Crippen LogP contribution in [0.2, 0.25) is 0 Å². The summed E-state index contributed by atoms with van der Waals surface area (Å²) in [5, 5.41) is 0. The number of rotatable bonds is 1. The lowest BCUT2D eigenvalue weighted by molar-refractivity contribution is 0.664. The predicted octanol–water partition coefficient (Wildman–Crippen LogP) is 2.86. The van der Waals surface area contributed by atoms with Crippen molar-refractivity contribution in [3.05, 3.63) is 23.7 Å². The summed E-state index contributed by atoms with van der Waals surface area (Å²) >= 11 is 2.35. The second-order valence-corrected chi connectivity index (χ2v) is 3.61. The largest absolute Gasteiger partial charge is 0.325 e.